The average molecular weight is 414 g/mol. The van der Waals surface area contributed by atoms with Gasteiger partial charge >= 0.3 is 7.60 Å². The Hall–Kier alpha value is -2.73. The summed E-state index contributed by atoms with van der Waals surface area (Å²) in [6, 6.07) is 12.5. The van der Waals surface area contributed by atoms with Crippen LogP contribution in [0.4, 0.5) is 10.1 Å². The minimum Gasteiger partial charge on any atom is -0.373 e. The quantitative estimate of drug-likeness (QED) is 0.666. The Morgan fingerprint density at radius 2 is 1.93 bits per heavy atom. The molecule has 6 nitrogen and oxygen atoms in total. The summed E-state index contributed by atoms with van der Waals surface area (Å²) in [6.07, 6.45) is 5.77. The zero-order chi connectivity index (χ0) is 20.8. The molecule has 0 radical (unpaired) electrons. The Labute approximate surface area is 167 Å². The standard InChI is InChI=1S/C21H20FN2O4P/c1-24-12-18(17-11-15(22)7-9-19(17)24)20(29(26,27)28)21(25)23-16-8-6-13-4-2-3-5-14(13)10-16/h2-12,17,19-20H,1H3,(H,23,25)(H2,26,27,28). The van der Waals surface area contributed by atoms with Crippen molar-refractivity contribution in [1.29, 1.82) is 0 Å². The van der Waals surface area contributed by atoms with Crippen LogP contribution in [0.1, 0.15) is 0 Å². The first-order valence-corrected chi connectivity index (χ1v) is 10.8. The van der Waals surface area contributed by atoms with Gasteiger partial charge in [0.15, 0.2) is 5.66 Å². The summed E-state index contributed by atoms with van der Waals surface area (Å²) in [5.41, 5.74) is -1.08. The molecule has 0 saturated carbocycles. The van der Waals surface area contributed by atoms with Crippen molar-refractivity contribution < 1.29 is 23.5 Å². The maximum Gasteiger partial charge on any atom is 0.342 e. The molecule has 0 aromatic heterocycles. The van der Waals surface area contributed by atoms with Crippen molar-refractivity contribution in [2.75, 3.05) is 12.4 Å². The molecular weight excluding hydrogens is 394 g/mol. The largest absolute Gasteiger partial charge is 0.373 e. The molecule has 0 saturated heterocycles. The van der Waals surface area contributed by atoms with Gasteiger partial charge in [0.25, 0.3) is 0 Å². The van der Waals surface area contributed by atoms with Crippen LogP contribution in [0, 0.1) is 5.92 Å². The van der Waals surface area contributed by atoms with Crippen LogP contribution in [-0.4, -0.2) is 39.3 Å². The number of anilines is 1. The van der Waals surface area contributed by atoms with E-state index >= 15 is 0 Å². The number of rotatable bonds is 4. The van der Waals surface area contributed by atoms with Gasteiger partial charge in [0, 0.05) is 24.9 Å². The van der Waals surface area contributed by atoms with E-state index < -0.39 is 30.9 Å². The van der Waals surface area contributed by atoms with Crippen molar-refractivity contribution in [3.63, 3.8) is 0 Å². The molecule has 0 bridgehead atoms. The highest BCUT2D eigenvalue weighted by molar-refractivity contribution is 7.54. The van der Waals surface area contributed by atoms with E-state index in [0.717, 1.165) is 10.8 Å². The number of amides is 1. The van der Waals surface area contributed by atoms with Crippen molar-refractivity contribution in [3.8, 4) is 0 Å². The molecular formula is C21H20FN2O4P. The topological polar surface area (TPSA) is 89.9 Å². The molecule has 1 amide bonds. The first-order chi connectivity index (χ1) is 13.7. The highest BCUT2D eigenvalue weighted by Gasteiger charge is 2.46. The SMILES string of the molecule is CN1C=C(C(C(=O)Nc2ccc3ccccc3c2)P(=O)(O)O)C2C=C(F)C=CC21. The zero-order valence-electron chi connectivity index (χ0n) is 15.6. The number of carbonyl (C=O) groups excluding carboxylic acids is 1. The van der Waals surface area contributed by atoms with Crippen molar-refractivity contribution >= 4 is 30.0 Å². The number of fused-ring (bicyclic) bond motifs is 2. The number of hydrogen-bond acceptors (Lipinski definition) is 3. The van der Waals surface area contributed by atoms with Crippen LogP contribution < -0.4 is 5.32 Å². The average Bonchev–Trinajstić information content (AvgIpc) is 2.96. The lowest BCUT2D eigenvalue weighted by atomic mass is 9.88. The van der Waals surface area contributed by atoms with E-state index in [9.17, 15) is 23.5 Å². The van der Waals surface area contributed by atoms with Crippen LogP contribution >= 0.6 is 7.60 Å². The summed E-state index contributed by atoms with van der Waals surface area (Å²) in [5, 5.41) is 4.49. The molecule has 3 atom stereocenters. The molecule has 150 valence electrons. The third kappa shape index (κ3) is 3.77. The van der Waals surface area contributed by atoms with Gasteiger partial charge in [0.2, 0.25) is 5.91 Å². The molecule has 4 rings (SSSR count). The van der Waals surface area contributed by atoms with Crippen molar-refractivity contribution in [2.45, 2.75) is 11.7 Å². The lowest BCUT2D eigenvalue weighted by Crippen LogP contribution is -2.34. The third-order valence-corrected chi connectivity index (χ3v) is 6.49. The van der Waals surface area contributed by atoms with E-state index in [2.05, 4.69) is 5.32 Å². The van der Waals surface area contributed by atoms with Crippen molar-refractivity contribution in [1.82, 2.24) is 4.90 Å². The molecule has 2 aromatic rings. The number of nitrogens with zero attached hydrogens (tertiary/aromatic N) is 1. The fraction of sp³-hybridized carbons (Fsp3) is 0.190. The summed E-state index contributed by atoms with van der Waals surface area (Å²) < 4.78 is 26.1. The van der Waals surface area contributed by atoms with Crippen molar-refractivity contribution in [3.05, 3.63) is 78.3 Å². The van der Waals surface area contributed by atoms with Gasteiger partial charge in [0.05, 0.1) is 6.04 Å². The second-order valence-electron chi connectivity index (χ2n) is 7.26. The van der Waals surface area contributed by atoms with E-state index in [1.54, 1.807) is 30.2 Å². The number of carbonyl (C=O) groups is 1. The highest BCUT2D eigenvalue weighted by atomic mass is 31.2. The van der Waals surface area contributed by atoms with E-state index in [1.807, 2.05) is 30.3 Å². The highest BCUT2D eigenvalue weighted by Crippen LogP contribution is 2.50. The number of hydrogen-bond donors (Lipinski definition) is 3. The molecule has 2 aliphatic rings. The van der Waals surface area contributed by atoms with E-state index in [4.69, 9.17) is 0 Å². The number of benzene rings is 2. The Morgan fingerprint density at radius 1 is 1.21 bits per heavy atom. The number of likely N-dealkylation sites (N-methyl/N-ethyl adjacent to an activating group) is 1. The lowest BCUT2D eigenvalue weighted by molar-refractivity contribution is -0.115. The second kappa shape index (κ2) is 7.26. The summed E-state index contributed by atoms with van der Waals surface area (Å²) in [5.74, 6) is -1.94. The fourth-order valence-electron chi connectivity index (χ4n) is 3.95. The van der Waals surface area contributed by atoms with Crippen molar-refractivity contribution in [2.24, 2.45) is 5.92 Å². The first-order valence-electron chi connectivity index (χ1n) is 9.08. The van der Waals surface area contributed by atoms with Gasteiger partial charge in [0.1, 0.15) is 5.83 Å². The Kier molecular flexibility index (Phi) is 4.90. The lowest BCUT2D eigenvalue weighted by Gasteiger charge is -2.27. The third-order valence-electron chi connectivity index (χ3n) is 5.28. The van der Waals surface area contributed by atoms with Gasteiger partial charge in [-0.2, -0.15) is 0 Å². The molecule has 1 aliphatic heterocycles. The minimum atomic E-state index is -4.86. The summed E-state index contributed by atoms with van der Waals surface area (Å²) in [7, 11) is -3.13. The van der Waals surface area contributed by atoms with E-state index in [0.29, 0.717) is 5.69 Å². The Bertz CT molecular complexity index is 1120. The summed E-state index contributed by atoms with van der Waals surface area (Å²) in [6.45, 7) is 0. The van der Waals surface area contributed by atoms with Gasteiger partial charge in [-0.15, -0.1) is 0 Å². The normalized spacial score (nSPS) is 22.1. The van der Waals surface area contributed by atoms with E-state index in [-0.39, 0.29) is 11.6 Å². The van der Waals surface area contributed by atoms with E-state index in [1.165, 1.54) is 18.4 Å². The summed E-state index contributed by atoms with van der Waals surface area (Å²) in [4.78, 5) is 34.6. The van der Waals surface area contributed by atoms with Crippen LogP contribution in [0.5, 0.6) is 0 Å². The molecule has 3 unspecified atom stereocenters. The predicted molar refractivity (Wildman–Crippen MR) is 110 cm³/mol. The molecule has 1 aliphatic carbocycles. The van der Waals surface area contributed by atoms with Gasteiger partial charge in [-0.25, -0.2) is 4.39 Å². The number of halogens is 1. The minimum absolute atomic E-state index is 0.198. The van der Waals surface area contributed by atoms with Crippen LogP contribution in [0.25, 0.3) is 10.8 Å². The van der Waals surface area contributed by atoms with Gasteiger partial charge in [-0.3, -0.25) is 9.36 Å². The van der Waals surface area contributed by atoms with Gasteiger partial charge in [-0.1, -0.05) is 36.4 Å². The van der Waals surface area contributed by atoms with Gasteiger partial charge < -0.3 is 20.0 Å². The monoisotopic (exact) mass is 414 g/mol. The molecule has 8 heteroatoms. The molecule has 3 N–H and O–H groups in total. The van der Waals surface area contributed by atoms with Crippen LogP contribution in [0.15, 0.2) is 78.3 Å². The Balaban J connectivity index is 1.66. The van der Waals surface area contributed by atoms with Crippen LogP contribution in [0.2, 0.25) is 0 Å². The first kappa shape index (κ1) is 19.6. The smallest absolute Gasteiger partial charge is 0.342 e. The maximum atomic E-state index is 13.8. The molecule has 1 heterocycles. The molecule has 0 spiro atoms. The Morgan fingerprint density at radius 3 is 2.66 bits per heavy atom. The number of allylic oxidation sites excluding steroid dienone is 2. The second-order valence-corrected chi connectivity index (χ2v) is 8.96. The number of nitrogens with one attached hydrogen (secondary N) is 1. The molecule has 29 heavy (non-hydrogen) atoms. The summed E-state index contributed by atoms with van der Waals surface area (Å²) >= 11 is 0. The zero-order valence-corrected chi connectivity index (χ0v) is 16.5. The molecule has 0 fully saturated rings. The van der Waals surface area contributed by atoms with Gasteiger partial charge in [-0.05, 0) is 40.6 Å². The molecule has 2 aromatic carbocycles. The maximum absolute atomic E-state index is 13.8. The fourth-order valence-corrected chi connectivity index (χ4v) is 4.95. The van der Waals surface area contributed by atoms with Crippen LogP contribution in [-0.2, 0) is 9.36 Å². The van der Waals surface area contributed by atoms with Crippen LogP contribution in [0.3, 0.4) is 0 Å². The predicted octanol–water partition coefficient (Wildman–Crippen LogP) is 3.56.